The Morgan fingerprint density at radius 1 is 1.27 bits per heavy atom. The molecule has 3 rings (SSSR count). The number of rotatable bonds is 3. The van der Waals surface area contributed by atoms with Gasteiger partial charge in [0, 0.05) is 24.9 Å². The number of hydrogen-bond donors (Lipinski definition) is 0. The molecule has 1 aliphatic carbocycles. The van der Waals surface area contributed by atoms with Crippen LogP contribution in [-0.2, 0) is 9.53 Å². The molecule has 1 amide bonds. The first-order chi connectivity index (χ1) is 10.6. The number of ether oxygens (including phenoxy) is 1. The van der Waals surface area contributed by atoms with Gasteiger partial charge in [0.25, 0.3) is 0 Å². The third-order valence-corrected chi connectivity index (χ3v) is 4.53. The molecule has 0 bridgehead atoms. The molecule has 5 heteroatoms. The zero-order chi connectivity index (χ0) is 15.7. The standard InChI is InChI=1S/C17H20FNO3/c1-22-17(21)14-6-2-5-13(15(14)18)12-4-3-9-19(10-12)16(20)11-7-8-11/h2,5-6,11-12H,3-4,7-10H2,1H3/t12-/m0/s1. The minimum Gasteiger partial charge on any atom is -0.465 e. The van der Waals surface area contributed by atoms with E-state index in [0.717, 1.165) is 32.2 Å². The highest BCUT2D eigenvalue weighted by Gasteiger charge is 2.36. The molecule has 1 aliphatic heterocycles. The fourth-order valence-corrected chi connectivity index (χ4v) is 3.15. The minimum absolute atomic E-state index is 0.0364. The van der Waals surface area contributed by atoms with Crippen molar-refractivity contribution in [1.82, 2.24) is 4.90 Å². The van der Waals surface area contributed by atoms with Crippen LogP contribution in [0.4, 0.5) is 4.39 Å². The summed E-state index contributed by atoms with van der Waals surface area (Å²) < 4.78 is 19.2. The Bertz CT molecular complexity index is 598. The van der Waals surface area contributed by atoms with Gasteiger partial charge in [0.1, 0.15) is 5.82 Å². The van der Waals surface area contributed by atoms with Crippen LogP contribution < -0.4 is 0 Å². The fraction of sp³-hybridized carbons (Fsp3) is 0.529. The van der Waals surface area contributed by atoms with Gasteiger partial charge >= 0.3 is 5.97 Å². The molecule has 0 N–H and O–H groups in total. The highest BCUT2D eigenvalue weighted by Crippen LogP contribution is 2.35. The molecule has 1 heterocycles. The predicted molar refractivity (Wildman–Crippen MR) is 79.0 cm³/mol. The molecule has 1 atom stereocenters. The Kier molecular flexibility index (Phi) is 4.14. The van der Waals surface area contributed by atoms with Crippen molar-refractivity contribution >= 4 is 11.9 Å². The van der Waals surface area contributed by atoms with Crippen molar-refractivity contribution in [2.45, 2.75) is 31.6 Å². The monoisotopic (exact) mass is 305 g/mol. The Morgan fingerprint density at radius 2 is 2.05 bits per heavy atom. The van der Waals surface area contributed by atoms with Crippen molar-refractivity contribution in [3.8, 4) is 0 Å². The van der Waals surface area contributed by atoms with E-state index >= 15 is 0 Å². The topological polar surface area (TPSA) is 46.6 Å². The van der Waals surface area contributed by atoms with Crippen LogP contribution in [0.2, 0.25) is 0 Å². The van der Waals surface area contributed by atoms with Gasteiger partial charge in [-0.3, -0.25) is 4.79 Å². The van der Waals surface area contributed by atoms with E-state index < -0.39 is 11.8 Å². The summed E-state index contributed by atoms with van der Waals surface area (Å²) >= 11 is 0. The number of halogens is 1. The fourth-order valence-electron chi connectivity index (χ4n) is 3.15. The van der Waals surface area contributed by atoms with Gasteiger partial charge in [-0.2, -0.15) is 0 Å². The summed E-state index contributed by atoms with van der Waals surface area (Å²) in [7, 11) is 1.24. The predicted octanol–water partition coefficient (Wildman–Crippen LogP) is 2.73. The molecule has 0 aromatic heterocycles. The van der Waals surface area contributed by atoms with Crippen molar-refractivity contribution < 1.29 is 18.7 Å². The summed E-state index contributed by atoms with van der Waals surface area (Å²) in [5, 5.41) is 0. The van der Waals surface area contributed by atoms with Crippen molar-refractivity contribution in [3.63, 3.8) is 0 Å². The molecule has 0 spiro atoms. The smallest absolute Gasteiger partial charge is 0.340 e. The lowest BCUT2D eigenvalue weighted by Crippen LogP contribution is -2.40. The van der Waals surface area contributed by atoms with Gasteiger partial charge in [0.05, 0.1) is 12.7 Å². The number of piperidine rings is 1. The molecule has 1 aromatic rings. The van der Waals surface area contributed by atoms with Crippen LogP contribution in [0.3, 0.4) is 0 Å². The summed E-state index contributed by atoms with van der Waals surface area (Å²) in [4.78, 5) is 25.7. The summed E-state index contributed by atoms with van der Waals surface area (Å²) in [5.74, 6) is -0.846. The lowest BCUT2D eigenvalue weighted by molar-refractivity contribution is -0.133. The largest absolute Gasteiger partial charge is 0.465 e. The van der Waals surface area contributed by atoms with Crippen LogP contribution in [0.15, 0.2) is 18.2 Å². The number of methoxy groups -OCH3 is 1. The second kappa shape index (κ2) is 6.07. The van der Waals surface area contributed by atoms with Crippen LogP contribution in [-0.4, -0.2) is 37.0 Å². The summed E-state index contributed by atoms with van der Waals surface area (Å²) in [6, 6.07) is 4.81. The zero-order valence-electron chi connectivity index (χ0n) is 12.7. The van der Waals surface area contributed by atoms with E-state index in [2.05, 4.69) is 4.74 Å². The molecule has 0 unspecified atom stereocenters. The average Bonchev–Trinajstić information content (AvgIpc) is 3.38. The lowest BCUT2D eigenvalue weighted by atomic mass is 9.89. The van der Waals surface area contributed by atoms with Gasteiger partial charge < -0.3 is 9.64 Å². The maximum atomic E-state index is 14.6. The number of nitrogens with zero attached hydrogens (tertiary/aromatic N) is 1. The first-order valence-electron chi connectivity index (χ1n) is 7.77. The molecular formula is C17H20FNO3. The van der Waals surface area contributed by atoms with Gasteiger partial charge in [-0.1, -0.05) is 12.1 Å². The number of benzene rings is 1. The normalized spacial score (nSPS) is 21.5. The summed E-state index contributed by atoms with van der Waals surface area (Å²) in [6.07, 6.45) is 3.65. The van der Waals surface area contributed by atoms with Crippen LogP contribution in [0.1, 0.15) is 47.5 Å². The number of esters is 1. The molecule has 1 saturated heterocycles. The molecule has 0 radical (unpaired) electrons. The maximum absolute atomic E-state index is 14.6. The minimum atomic E-state index is -0.666. The SMILES string of the molecule is COC(=O)c1cccc([C@H]2CCCN(C(=O)C3CC3)C2)c1F. The number of likely N-dealkylation sites (tertiary alicyclic amines) is 1. The second-order valence-electron chi connectivity index (χ2n) is 6.10. The quantitative estimate of drug-likeness (QED) is 0.807. The van der Waals surface area contributed by atoms with Gasteiger partial charge in [0.15, 0.2) is 0 Å². The van der Waals surface area contributed by atoms with Crippen LogP contribution in [0.5, 0.6) is 0 Å². The summed E-state index contributed by atoms with van der Waals surface area (Å²) in [6.45, 7) is 1.29. The van der Waals surface area contributed by atoms with Crippen molar-refractivity contribution in [3.05, 3.63) is 35.1 Å². The first kappa shape index (κ1) is 15.0. The third kappa shape index (κ3) is 2.85. The molecule has 1 saturated carbocycles. The highest BCUT2D eigenvalue weighted by molar-refractivity contribution is 5.89. The van der Waals surface area contributed by atoms with Crippen LogP contribution >= 0.6 is 0 Å². The van der Waals surface area contributed by atoms with Gasteiger partial charge in [-0.25, -0.2) is 9.18 Å². The van der Waals surface area contributed by atoms with Gasteiger partial charge in [-0.05, 0) is 37.3 Å². The third-order valence-electron chi connectivity index (χ3n) is 4.53. The van der Waals surface area contributed by atoms with Gasteiger partial charge in [0.2, 0.25) is 5.91 Å². The Labute approximate surface area is 129 Å². The highest BCUT2D eigenvalue weighted by atomic mass is 19.1. The molecule has 2 aliphatic rings. The van der Waals surface area contributed by atoms with Crippen LogP contribution in [0, 0.1) is 11.7 Å². The number of carbonyl (C=O) groups is 2. The summed E-state index contributed by atoms with van der Waals surface area (Å²) in [5.41, 5.74) is 0.474. The van der Waals surface area contributed by atoms with E-state index in [1.165, 1.54) is 13.2 Å². The maximum Gasteiger partial charge on any atom is 0.340 e. The van der Waals surface area contributed by atoms with Gasteiger partial charge in [-0.15, -0.1) is 0 Å². The lowest BCUT2D eigenvalue weighted by Gasteiger charge is -2.33. The average molecular weight is 305 g/mol. The number of hydrogen-bond acceptors (Lipinski definition) is 3. The Hall–Kier alpha value is -1.91. The van der Waals surface area contributed by atoms with E-state index in [-0.39, 0.29) is 23.3 Å². The number of amides is 1. The molecular weight excluding hydrogens is 285 g/mol. The van der Waals surface area contributed by atoms with E-state index in [1.807, 2.05) is 4.90 Å². The van der Waals surface area contributed by atoms with E-state index in [4.69, 9.17) is 0 Å². The zero-order valence-corrected chi connectivity index (χ0v) is 12.7. The van der Waals surface area contributed by atoms with E-state index in [1.54, 1.807) is 12.1 Å². The van der Waals surface area contributed by atoms with E-state index in [0.29, 0.717) is 12.1 Å². The molecule has 4 nitrogen and oxygen atoms in total. The van der Waals surface area contributed by atoms with Crippen molar-refractivity contribution in [2.75, 3.05) is 20.2 Å². The second-order valence-corrected chi connectivity index (χ2v) is 6.10. The first-order valence-corrected chi connectivity index (χ1v) is 7.77. The Balaban J connectivity index is 1.81. The molecule has 22 heavy (non-hydrogen) atoms. The Morgan fingerprint density at radius 3 is 2.73 bits per heavy atom. The molecule has 2 fully saturated rings. The van der Waals surface area contributed by atoms with E-state index in [9.17, 15) is 14.0 Å². The van der Waals surface area contributed by atoms with Crippen LogP contribution in [0.25, 0.3) is 0 Å². The molecule has 1 aromatic carbocycles. The van der Waals surface area contributed by atoms with Crippen molar-refractivity contribution in [1.29, 1.82) is 0 Å². The molecule has 118 valence electrons. The number of carbonyl (C=O) groups excluding carboxylic acids is 2. The van der Waals surface area contributed by atoms with Crippen molar-refractivity contribution in [2.24, 2.45) is 5.92 Å².